The summed E-state index contributed by atoms with van der Waals surface area (Å²) < 4.78 is 42.5. The van der Waals surface area contributed by atoms with Gasteiger partial charge in [-0.25, -0.2) is 0 Å². The molecule has 0 bridgehead atoms. The van der Waals surface area contributed by atoms with Gasteiger partial charge >= 0.3 is 10.1 Å². The van der Waals surface area contributed by atoms with Gasteiger partial charge in [-0.15, -0.1) is 0 Å². The lowest BCUT2D eigenvalue weighted by Crippen LogP contribution is -2.12. The average Bonchev–Trinajstić information content (AvgIpc) is 2.75. The zero-order chi connectivity index (χ0) is 22.4. The lowest BCUT2D eigenvalue weighted by atomic mass is 10.2. The molecule has 0 aromatic heterocycles. The van der Waals surface area contributed by atoms with Crippen molar-refractivity contribution in [3.8, 4) is 17.2 Å². The van der Waals surface area contributed by atoms with E-state index in [1.807, 2.05) is 44.2 Å². The van der Waals surface area contributed by atoms with Crippen molar-refractivity contribution in [3.63, 3.8) is 0 Å². The van der Waals surface area contributed by atoms with E-state index in [4.69, 9.17) is 13.7 Å². The third kappa shape index (κ3) is 6.04. The highest BCUT2D eigenvalue weighted by molar-refractivity contribution is 14.1. The lowest BCUT2D eigenvalue weighted by molar-refractivity contribution is 0.326. The van der Waals surface area contributed by atoms with Crippen LogP contribution in [-0.4, -0.2) is 22.1 Å². The Hall–Kier alpha value is -2.46. The molecule has 0 atom stereocenters. The van der Waals surface area contributed by atoms with E-state index in [1.165, 1.54) is 12.1 Å². The van der Waals surface area contributed by atoms with Crippen molar-refractivity contribution in [2.45, 2.75) is 25.3 Å². The molecule has 0 fully saturated rings. The van der Waals surface area contributed by atoms with E-state index in [1.54, 1.807) is 25.3 Å². The van der Waals surface area contributed by atoms with Crippen molar-refractivity contribution >= 4 is 38.4 Å². The molecule has 0 aliphatic carbocycles. The zero-order valence-corrected chi connectivity index (χ0v) is 20.5. The van der Waals surface area contributed by atoms with Crippen LogP contribution in [0.2, 0.25) is 0 Å². The summed E-state index contributed by atoms with van der Waals surface area (Å²) in [6, 6.07) is 17.8. The number of ether oxygens (including phenoxy) is 2. The smallest absolute Gasteiger partial charge is 0.339 e. The Bertz CT molecular complexity index is 1130. The number of benzene rings is 3. The fourth-order valence-corrected chi connectivity index (χ4v) is 4.73. The van der Waals surface area contributed by atoms with E-state index in [-0.39, 0.29) is 10.6 Å². The number of halogens is 1. The van der Waals surface area contributed by atoms with Crippen LogP contribution in [0.5, 0.6) is 17.2 Å². The molecular formula is C23H24INO5S. The number of anilines is 1. The quantitative estimate of drug-likeness (QED) is 0.283. The third-order valence-electron chi connectivity index (χ3n) is 4.46. The molecule has 0 amide bonds. The first-order valence-electron chi connectivity index (χ1n) is 9.66. The van der Waals surface area contributed by atoms with Crippen molar-refractivity contribution in [2.75, 3.05) is 19.0 Å². The zero-order valence-electron chi connectivity index (χ0n) is 17.5. The van der Waals surface area contributed by atoms with Crippen LogP contribution in [0.25, 0.3) is 0 Å². The minimum absolute atomic E-state index is 0.0987. The van der Waals surface area contributed by atoms with Crippen molar-refractivity contribution in [2.24, 2.45) is 0 Å². The fourth-order valence-electron chi connectivity index (χ4n) is 2.84. The van der Waals surface area contributed by atoms with Gasteiger partial charge < -0.3 is 19.0 Å². The Morgan fingerprint density at radius 2 is 1.68 bits per heavy atom. The van der Waals surface area contributed by atoms with E-state index >= 15 is 0 Å². The van der Waals surface area contributed by atoms with Gasteiger partial charge in [-0.05, 0) is 90.5 Å². The number of hydrogen-bond donors (Lipinski definition) is 1. The number of nitrogens with one attached hydrogen (secondary N) is 1. The molecule has 1 N–H and O–H groups in total. The molecule has 8 heteroatoms. The molecule has 0 heterocycles. The fraction of sp³-hybridized carbons (Fsp3) is 0.217. The largest absolute Gasteiger partial charge is 0.497 e. The van der Waals surface area contributed by atoms with Crippen molar-refractivity contribution in [1.82, 2.24) is 0 Å². The summed E-state index contributed by atoms with van der Waals surface area (Å²) in [5, 5.41) is 3.33. The standard InChI is InChI=1S/C23H24INO5S/c1-4-29-22-14-17(15-25-18-7-9-19(28-3)10-8-18)13-21(24)23(22)30-31(26,27)20-11-5-16(2)6-12-20/h5-14,25H,4,15H2,1-3H3. The molecule has 0 radical (unpaired) electrons. The second-order valence-corrected chi connectivity index (χ2v) is 9.48. The van der Waals surface area contributed by atoms with E-state index in [0.717, 1.165) is 22.6 Å². The molecule has 31 heavy (non-hydrogen) atoms. The molecule has 0 saturated carbocycles. The van der Waals surface area contributed by atoms with Gasteiger partial charge in [0.05, 0.1) is 17.3 Å². The molecule has 3 aromatic carbocycles. The Labute approximate surface area is 196 Å². The van der Waals surface area contributed by atoms with E-state index < -0.39 is 10.1 Å². The van der Waals surface area contributed by atoms with Gasteiger partial charge in [-0.1, -0.05) is 17.7 Å². The molecule has 0 unspecified atom stereocenters. The SMILES string of the molecule is CCOc1cc(CNc2ccc(OC)cc2)cc(I)c1OS(=O)(=O)c1ccc(C)cc1. The third-order valence-corrected chi connectivity index (χ3v) is 6.50. The topological polar surface area (TPSA) is 73.9 Å². The van der Waals surface area contributed by atoms with Crippen LogP contribution in [0.4, 0.5) is 5.69 Å². The summed E-state index contributed by atoms with van der Waals surface area (Å²) in [4.78, 5) is 0.0987. The molecule has 3 aromatic rings. The highest BCUT2D eigenvalue weighted by Gasteiger charge is 2.22. The summed E-state index contributed by atoms with van der Waals surface area (Å²) in [5.74, 6) is 1.36. The van der Waals surface area contributed by atoms with Crippen LogP contribution >= 0.6 is 22.6 Å². The predicted octanol–water partition coefficient (Wildman–Crippen LogP) is 5.39. The van der Waals surface area contributed by atoms with Gasteiger partial charge in [-0.2, -0.15) is 8.42 Å². The number of methoxy groups -OCH3 is 1. The molecule has 0 saturated heterocycles. The van der Waals surface area contributed by atoms with E-state index in [0.29, 0.717) is 22.5 Å². The second kappa shape index (κ2) is 10.2. The van der Waals surface area contributed by atoms with E-state index in [9.17, 15) is 8.42 Å². The first-order valence-corrected chi connectivity index (χ1v) is 12.2. The molecular weight excluding hydrogens is 529 g/mol. The van der Waals surface area contributed by atoms with Crippen LogP contribution in [0.15, 0.2) is 65.6 Å². The molecule has 0 aliphatic heterocycles. The molecule has 3 rings (SSSR count). The maximum absolute atomic E-state index is 12.8. The van der Waals surface area contributed by atoms with Crippen LogP contribution < -0.4 is 19.0 Å². The minimum Gasteiger partial charge on any atom is -0.497 e. The van der Waals surface area contributed by atoms with Crippen LogP contribution in [-0.2, 0) is 16.7 Å². The number of rotatable bonds is 9. The summed E-state index contributed by atoms with van der Waals surface area (Å²) in [6.07, 6.45) is 0. The van der Waals surface area contributed by atoms with Crippen molar-refractivity contribution < 1.29 is 22.1 Å². The van der Waals surface area contributed by atoms with Crippen molar-refractivity contribution in [1.29, 1.82) is 0 Å². The van der Waals surface area contributed by atoms with E-state index in [2.05, 4.69) is 27.9 Å². The Balaban J connectivity index is 1.83. The maximum atomic E-state index is 12.8. The minimum atomic E-state index is -3.98. The second-order valence-electron chi connectivity index (χ2n) is 6.77. The summed E-state index contributed by atoms with van der Waals surface area (Å²) in [5.41, 5.74) is 2.84. The van der Waals surface area contributed by atoms with Gasteiger partial charge in [0.2, 0.25) is 0 Å². The first kappa shape index (κ1) is 23.2. The highest BCUT2D eigenvalue weighted by Crippen LogP contribution is 2.36. The monoisotopic (exact) mass is 553 g/mol. The first-order chi connectivity index (χ1) is 14.8. The number of hydrogen-bond acceptors (Lipinski definition) is 6. The highest BCUT2D eigenvalue weighted by atomic mass is 127. The Kier molecular flexibility index (Phi) is 7.66. The lowest BCUT2D eigenvalue weighted by Gasteiger charge is -2.16. The van der Waals surface area contributed by atoms with Crippen LogP contribution in [0.3, 0.4) is 0 Å². The molecule has 164 valence electrons. The Morgan fingerprint density at radius 1 is 1.00 bits per heavy atom. The van der Waals surface area contributed by atoms with Crippen LogP contribution in [0, 0.1) is 10.5 Å². The molecule has 6 nitrogen and oxygen atoms in total. The predicted molar refractivity (Wildman–Crippen MR) is 130 cm³/mol. The summed E-state index contributed by atoms with van der Waals surface area (Å²) >= 11 is 2.07. The average molecular weight is 553 g/mol. The molecule has 0 aliphatic rings. The van der Waals surface area contributed by atoms with Crippen LogP contribution in [0.1, 0.15) is 18.1 Å². The summed E-state index contributed by atoms with van der Waals surface area (Å²) in [6.45, 7) is 4.65. The normalized spacial score (nSPS) is 11.1. The Morgan fingerprint density at radius 3 is 2.29 bits per heavy atom. The number of aryl methyl sites for hydroxylation is 1. The van der Waals surface area contributed by atoms with Gasteiger partial charge in [0.25, 0.3) is 0 Å². The summed E-state index contributed by atoms with van der Waals surface area (Å²) in [7, 11) is -2.35. The van der Waals surface area contributed by atoms with Gasteiger partial charge in [0, 0.05) is 12.2 Å². The van der Waals surface area contributed by atoms with Gasteiger partial charge in [-0.3, -0.25) is 0 Å². The van der Waals surface area contributed by atoms with Crippen molar-refractivity contribution in [3.05, 3.63) is 75.4 Å². The maximum Gasteiger partial charge on any atom is 0.339 e. The van der Waals surface area contributed by atoms with Gasteiger partial charge in [0.1, 0.15) is 10.6 Å². The molecule has 0 spiro atoms. The van der Waals surface area contributed by atoms with Gasteiger partial charge in [0.15, 0.2) is 11.5 Å².